The van der Waals surface area contributed by atoms with E-state index in [1.54, 1.807) is 24.9 Å². The highest BCUT2D eigenvalue weighted by Crippen LogP contribution is 2.51. The monoisotopic (exact) mass is 497 g/mol. The average molecular weight is 498 g/mol. The Balaban J connectivity index is 1.39. The molecule has 2 aliphatic rings. The smallest absolute Gasteiger partial charge is 0.126 e. The molecule has 1 N–H and O–H groups in total. The first-order valence-electron chi connectivity index (χ1n) is 11.9. The third-order valence-corrected chi connectivity index (χ3v) is 8.10. The topological polar surface area (TPSA) is 41.9 Å². The van der Waals surface area contributed by atoms with Crippen LogP contribution >= 0.6 is 11.8 Å². The number of nitrogens with zero attached hydrogens (tertiary/aromatic N) is 1. The molecule has 0 bridgehead atoms. The fraction of sp³-hybridized carbons (Fsp3) is 0.357. The summed E-state index contributed by atoms with van der Waals surface area (Å²) in [7, 11) is 1.57. The van der Waals surface area contributed by atoms with Crippen molar-refractivity contribution < 1.29 is 23.4 Å². The van der Waals surface area contributed by atoms with E-state index in [2.05, 4.69) is 17.0 Å². The Morgan fingerprint density at radius 2 is 1.80 bits per heavy atom. The molecule has 2 heterocycles. The van der Waals surface area contributed by atoms with Gasteiger partial charge in [-0.1, -0.05) is 24.3 Å². The second kappa shape index (κ2) is 10.5. The van der Waals surface area contributed by atoms with Crippen LogP contribution in [-0.4, -0.2) is 55.8 Å². The fourth-order valence-corrected chi connectivity index (χ4v) is 6.39. The third-order valence-electron chi connectivity index (χ3n) is 6.91. The summed E-state index contributed by atoms with van der Waals surface area (Å²) in [4.78, 5) is 3.25. The summed E-state index contributed by atoms with van der Waals surface area (Å²) >= 11 is 1.69. The van der Waals surface area contributed by atoms with Gasteiger partial charge >= 0.3 is 0 Å². The second-order valence-corrected chi connectivity index (χ2v) is 10.3. The van der Waals surface area contributed by atoms with Crippen molar-refractivity contribution in [1.29, 1.82) is 0 Å². The zero-order valence-corrected chi connectivity index (χ0v) is 20.4. The molecule has 1 saturated heterocycles. The van der Waals surface area contributed by atoms with E-state index in [0.29, 0.717) is 12.4 Å². The number of rotatable bonds is 8. The number of alkyl halides is 1. The van der Waals surface area contributed by atoms with Crippen molar-refractivity contribution in [2.24, 2.45) is 5.92 Å². The number of likely N-dealkylation sites (tertiary alicyclic amines) is 1. The maximum atomic E-state index is 13.9. The SMILES string of the molecule is COc1cc(F)ccc1[C@@H]1CSc2cc(O)ccc2[C@@H]1c1ccc(OCCN2CC(CF)C2)cc1. The fourth-order valence-electron chi connectivity index (χ4n) is 5.09. The van der Waals surface area contributed by atoms with Gasteiger partial charge in [0.25, 0.3) is 0 Å². The van der Waals surface area contributed by atoms with Crippen molar-refractivity contribution in [3.05, 3.63) is 83.2 Å². The minimum atomic E-state index is -0.323. The Kier molecular flexibility index (Phi) is 7.16. The maximum absolute atomic E-state index is 13.9. The van der Waals surface area contributed by atoms with Crippen LogP contribution in [0.25, 0.3) is 0 Å². The molecule has 7 heteroatoms. The molecule has 4 nitrogen and oxygen atoms in total. The van der Waals surface area contributed by atoms with E-state index in [9.17, 15) is 13.9 Å². The van der Waals surface area contributed by atoms with E-state index >= 15 is 0 Å². The number of phenols is 1. The Labute approximate surface area is 208 Å². The summed E-state index contributed by atoms with van der Waals surface area (Å²) in [5.74, 6) is 2.30. The van der Waals surface area contributed by atoms with Crippen LogP contribution < -0.4 is 9.47 Å². The van der Waals surface area contributed by atoms with Crippen LogP contribution in [0.5, 0.6) is 17.2 Å². The highest BCUT2D eigenvalue weighted by atomic mass is 32.2. The summed E-state index contributed by atoms with van der Waals surface area (Å²) in [6.45, 7) is 2.73. The summed E-state index contributed by atoms with van der Waals surface area (Å²) < 4.78 is 38.0. The number of benzene rings is 3. The predicted molar refractivity (Wildman–Crippen MR) is 134 cm³/mol. The molecule has 1 fully saturated rings. The van der Waals surface area contributed by atoms with Gasteiger partial charge in [-0.3, -0.25) is 9.29 Å². The van der Waals surface area contributed by atoms with Crippen LogP contribution in [0.4, 0.5) is 8.78 Å². The van der Waals surface area contributed by atoms with E-state index < -0.39 is 0 Å². The van der Waals surface area contributed by atoms with Gasteiger partial charge in [0.1, 0.15) is 29.7 Å². The number of ether oxygens (including phenoxy) is 2. The Morgan fingerprint density at radius 1 is 1.03 bits per heavy atom. The zero-order chi connectivity index (χ0) is 24.4. The molecule has 0 amide bonds. The van der Waals surface area contributed by atoms with Crippen LogP contribution in [-0.2, 0) is 0 Å². The van der Waals surface area contributed by atoms with Gasteiger partial charge in [0, 0.05) is 54.1 Å². The summed E-state index contributed by atoms with van der Waals surface area (Å²) in [5.41, 5.74) is 3.21. The van der Waals surface area contributed by atoms with Crippen molar-refractivity contribution in [2.45, 2.75) is 16.7 Å². The second-order valence-electron chi connectivity index (χ2n) is 9.20. The minimum Gasteiger partial charge on any atom is -0.508 e. The van der Waals surface area contributed by atoms with E-state index in [0.717, 1.165) is 52.7 Å². The van der Waals surface area contributed by atoms with E-state index in [-0.39, 0.29) is 36.0 Å². The van der Waals surface area contributed by atoms with Crippen molar-refractivity contribution in [3.63, 3.8) is 0 Å². The van der Waals surface area contributed by atoms with Gasteiger partial charge in [-0.2, -0.15) is 0 Å². The van der Waals surface area contributed by atoms with Crippen LogP contribution in [0, 0.1) is 11.7 Å². The molecule has 0 unspecified atom stereocenters. The van der Waals surface area contributed by atoms with Crippen LogP contribution in [0.15, 0.2) is 65.6 Å². The molecule has 35 heavy (non-hydrogen) atoms. The van der Waals surface area contributed by atoms with Crippen LogP contribution in [0.1, 0.15) is 28.5 Å². The molecular weight excluding hydrogens is 468 g/mol. The van der Waals surface area contributed by atoms with Crippen LogP contribution in [0.2, 0.25) is 0 Å². The molecule has 0 spiro atoms. The van der Waals surface area contributed by atoms with Crippen LogP contribution in [0.3, 0.4) is 0 Å². The number of methoxy groups -OCH3 is 1. The van der Waals surface area contributed by atoms with E-state index in [1.165, 1.54) is 12.1 Å². The largest absolute Gasteiger partial charge is 0.508 e. The molecule has 0 aromatic heterocycles. The number of hydrogen-bond acceptors (Lipinski definition) is 5. The van der Waals surface area contributed by atoms with Gasteiger partial charge < -0.3 is 14.6 Å². The lowest BCUT2D eigenvalue weighted by molar-refractivity contribution is 0.0668. The standard InChI is InChI=1S/C28H29F2NO3S/c1-33-26-12-20(30)4-8-23(26)25-17-35-27-13-21(32)5-9-24(27)28(25)19-2-6-22(7-3-19)34-11-10-31-15-18(14-29)16-31/h2-9,12-13,18,25,28,32H,10-11,14-17H2,1H3/t25-,28-/m0/s1. The van der Waals surface area contributed by atoms with Crippen molar-refractivity contribution >= 4 is 11.8 Å². The molecule has 0 saturated carbocycles. The van der Waals surface area contributed by atoms with Crippen molar-refractivity contribution in [3.8, 4) is 17.2 Å². The lowest BCUT2D eigenvalue weighted by Crippen LogP contribution is -2.49. The molecule has 184 valence electrons. The third kappa shape index (κ3) is 5.11. The first kappa shape index (κ1) is 23.9. The molecule has 0 radical (unpaired) electrons. The van der Waals surface area contributed by atoms with Gasteiger partial charge in [-0.25, -0.2) is 4.39 Å². The number of phenolic OH excluding ortho intramolecular Hbond substituents is 1. The Bertz CT molecular complexity index is 1170. The predicted octanol–water partition coefficient (Wildman–Crippen LogP) is 5.84. The highest BCUT2D eigenvalue weighted by molar-refractivity contribution is 7.99. The van der Waals surface area contributed by atoms with Gasteiger partial charge in [-0.15, -0.1) is 11.8 Å². The highest BCUT2D eigenvalue weighted by Gasteiger charge is 2.34. The molecule has 2 atom stereocenters. The lowest BCUT2D eigenvalue weighted by Gasteiger charge is -2.37. The van der Waals surface area contributed by atoms with Crippen molar-refractivity contribution in [2.75, 3.05) is 45.8 Å². The first-order chi connectivity index (χ1) is 17.1. The quantitative estimate of drug-likeness (QED) is 0.423. The Hall–Kier alpha value is -2.77. The molecule has 2 aliphatic heterocycles. The van der Waals surface area contributed by atoms with E-state index in [4.69, 9.17) is 9.47 Å². The molecular formula is C28H29F2NO3S. The molecule has 3 aromatic rings. The van der Waals surface area contributed by atoms with Gasteiger partial charge in [0.05, 0.1) is 13.8 Å². The van der Waals surface area contributed by atoms with Gasteiger partial charge in [0.2, 0.25) is 0 Å². The van der Waals surface area contributed by atoms with Gasteiger partial charge in [0.15, 0.2) is 0 Å². The molecule has 5 rings (SSSR count). The normalized spacial score (nSPS) is 20.2. The number of fused-ring (bicyclic) bond motifs is 1. The molecule has 3 aromatic carbocycles. The minimum absolute atomic E-state index is 0.0129. The zero-order valence-electron chi connectivity index (χ0n) is 19.6. The number of halogens is 2. The summed E-state index contributed by atoms with van der Waals surface area (Å²) in [6.07, 6.45) is 0. The maximum Gasteiger partial charge on any atom is 0.126 e. The number of thioether (sulfide) groups is 1. The average Bonchev–Trinajstić information content (AvgIpc) is 2.85. The summed E-state index contributed by atoms with van der Waals surface area (Å²) in [5, 5.41) is 10.0. The molecule has 0 aliphatic carbocycles. The van der Waals surface area contributed by atoms with Crippen molar-refractivity contribution in [1.82, 2.24) is 4.90 Å². The first-order valence-corrected chi connectivity index (χ1v) is 12.8. The lowest BCUT2D eigenvalue weighted by atomic mass is 9.77. The van der Waals surface area contributed by atoms with E-state index in [1.807, 2.05) is 30.3 Å². The number of aromatic hydroxyl groups is 1. The Morgan fingerprint density at radius 3 is 2.54 bits per heavy atom. The number of hydrogen-bond donors (Lipinski definition) is 1. The van der Waals surface area contributed by atoms with Gasteiger partial charge in [-0.05, 0) is 47.0 Å². The summed E-state index contributed by atoms with van der Waals surface area (Å²) in [6, 6.07) is 18.4.